The number of benzene rings is 3. The van der Waals surface area contributed by atoms with Gasteiger partial charge >= 0.3 is 0 Å². The number of carbonyl (C=O) groups excluding carboxylic acids is 1. The zero-order valence-corrected chi connectivity index (χ0v) is 24.6. The molecule has 1 aromatic heterocycles. The molecule has 4 aromatic rings. The van der Waals surface area contributed by atoms with E-state index in [0.717, 1.165) is 40.2 Å². The van der Waals surface area contributed by atoms with Crippen LogP contribution in [0.4, 0.5) is 11.6 Å². The highest BCUT2D eigenvalue weighted by Gasteiger charge is 2.35. The number of fused-ring (bicyclic) bond motifs is 1. The zero-order valence-electron chi connectivity index (χ0n) is 23.8. The number of hydrogen-bond acceptors (Lipinski definition) is 7. The number of hydrogen-bond donors (Lipinski definition) is 2. The minimum atomic E-state index is -0.527. The number of nitrogens with one attached hydrogen (secondary N) is 2. The highest BCUT2D eigenvalue weighted by molar-refractivity contribution is 7.99. The van der Waals surface area contributed by atoms with E-state index in [0.29, 0.717) is 41.4 Å². The summed E-state index contributed by atoms with van der Waals surface area (Å²) in [5, 5.41) is 11.9. The van der Waals surface area contributed by atoms with Crippen LogP contribution in [0.25, 0.3) is 0 Å². The molecule has 1 unspecified atom stereocenters. The molecule has 0 saturated carbocycles. The number of para-hydroxylation sites is 1. The van der Waals surface area contributed by atoms with Gasteiger partial charge in [-0.15, -0.1) is 5.10 Å². The molecule has 0 spiro atoms. The van der Waals surface area contributed by atoms with Crippen molar-refractivity contribution in [1.29, 1.82) is 0 Å². The van der Waals surface area contributed by atoms with Crippen LogP contribution in [-0.2, 0) is 11.4 Å². The van der Waals surface area contributed by atoms with Crippen LogP contribution in [-0.4, -0.2) is 33.0 Å². The maximum Gasteiger partial charge on any atom is 0.255 e. The van der Waals surface area contributed by atoms with Crippen molar-refractivity contribution in [2.24, 2.45) is 0 Å². The fourth-order valence-corrected chi connectivity index (χ4v) is 5.39. The second kappa shape index (κ2) is 13.0. The van der Waals surface area contributed by atoms with Gasteiger partial charge in [-0.2, -0.15) is 4.98 Å². The Hall–Kier alpha value is -4.24. The Balaban J connectivity index is 1.54. The van der Waals surface area contributed by atoms with Gasteiger partial charge in [-0.25, -0.2) is 4.68 Å². The van der Waals surface area contributed by atoms with E-state index >= 15 is 0 Å². The smallest absolute Gasteiger partial charge is 0.255 e. The number of amides is 1. The van der Waals surface area contributed by atoms with Gasteiger partial charge < -0.3 is 20.1 Å². The molecule has 41 heavy (non-hydrogen) atoms. The van der Waals surface area contributed by atoms with Crippen molar-refractivity contribution in [3.05, 3.63) is 101 Å². The largest absolute Gasteiger partial charge is 0.490 e. The minimum Gasteiger partial charge on any atom is -0.490 e. The number of anilines is 2. The Morgan fingerprint density at radius 1 is 1.00 bits per heavy atom. The van der Waals surface area contributed by atoms with E-state index in [9.17, 15) is 4.79 Å². The van der Waals surface area contributed by atoms with E-state index in [2.05, 4.69) is 17.6 Å². The predicted molar refractivity (Wildman–Crippen MR) is 164 cm³/mol. The number of aromatic nitrogens is 3. The van der Waals surface area contributed by atoms with Gasteiger partial charge in [-0.3, -0.25) is 4.79 Å². The predicted octanol–water partition coefficient (Wildman–Crippen LogP) is 6.99. The van der Waals surface area contributed by atoms with Crippen molar-refractivity contribution in [3.8, 4) is 11.5 Å². The highest BCUT2D eigenvalue weighted by Crippen LogP contribution is 2.40. The highest BCUT2D eigenvalue weighted by atomic mass is 32.2. The van der Waals surface area contributed by atoms with Crippen molar-refractivity contribution in [3.63, 3.8) is 0 Å². The van der Waals surface area contributed by atoms with Gasteiger partial charge in [0.1, 0.15) is 12.6 Å². The van der Waals surface area contributed by atoms with E-state index < -0.39 is 6.04 Å². The maximum atomic E-state index is 13.9. The lowest BCUT2D eigenvalue weighted by atomic mass is 9.94. The molecule has 1 amide bonds. The molecule has 5 rings (SSSR count). The summed E-state index contributed by atoms with van der Waals surface area (Å²) in [6.45, 7) is 8.83. The van der Waals surface area contributed by atoms with Crippen LogP contribution < -0.4 is 20.1 Å². The van der Waals surface area contributed by atoms with Gasteiger partial charge in [-0.1, -0.05) is 73.3 Å². The summed E-state index contributed by atoms with van der Waals surface area (Å²) < 4.78 is 14.0. The molecule has 8 nitrogen and oxygen atoms in total. The Labute approximate surface area is 245 Å². The number of allylic oxidation sites excluding steroid dienone is 1. The quantitative estimate of drug-likeness (QED) is 0.188. The number of ether oxygens (including phenoxy) is 2. The SMILES string of the molecule is CCCSc1nc2n(n1)C(c1ccc(OCc3ccccc3)c(OCC)c1)C(C(=O)Nc1ccccc1C)=C(C)N2. The summed E-state index contributed by atoms with van der Waals surface area (Å²) in [5.41, 5.74) is 4.93. The van der Waals surface area contributed by atoms with Crippen molar-refractivity contribution in [2.75, 3.05) is 23.0 Å². The van der Waals surface area contributed by atoms with E-state index in [1.54, 1.807) is 16.4 Å². The number of rotatable bonds is 11. The second-order valence-corrected chi connectivity index (χ2v) is 10.8. The van der Waals surface area contributed by atoms with E-state index in [1.807, 2.05) is 93.6 Å². The van der Waals surface area contributed by atoms with E-state index in [-0.39, 0.29) is 5.91 Å². The van der Waals surface area contributed by atoms with Crippen LogP contribution >= 0.6 is 11.8 Å². The zero-order chi connectivity index (χ0) is 28.8. The molecule has 1 aliphatic heterocycles. The summed E-state index contributed by atoms with van der Waals surface area (Å²) in [5.74, 6) is 2.54. The van der Waals surface area contributed by atoms with Gasteiger partial charge in [0.25, 0.3) is 5.91 Å². The first kappa shape index (κ1) is 28.3. The minimum absolute atomic E-state index is 0.208. The van der Waals surface area contributed by atoms with E-state index in [4.69, 9.17) is 19.6 Å². The molecule has 0 saturated heterocycles. The third-order valence-corrected chi connectivity index (χ3v) is 7.77. The lowest BCUT2D eigenvalue weighted by Crippen LogP contribution is -2.31. The lowest BCUT2D eigenvalue weighted by molar-refractivity contribution is -0.113. The average Bonchev–Trinajstić information content (AvgIpc) is 3.38. The second-order valence-electron chi connectivity index (χ2n) is 9.76. The fourth-order valence-electron chi connectivity index (χ4n) is 4.71. The molecule has 0 radical (unpaired) electrons. The van der Waals surface area contributed by atoms with Crippen molar-refractivity contribution < 1.29 is 14.3 Å². The van der Waals surface area contributed by atoms with Crippen molar-refractivity contribution in [1.82, 2.24) is 14.8 Å². The molecule has 0 fully saturated rings. The molecule has 212 valence electrons. The van der Waals surface area contributed by atoms with E-state index in [1.165, 1.54) is 0 Å². The third kappa shape index (κ3) is 6.41. The molecular formula is C32H35N5O3S. The molecule has 0 bridgehead atoms. The van der Waals surface area contributed by atoms with Crippen LogP contribution in [0.5, 0.6) is 11.5 Å². The first-order chi connectivity index (χ1) is 20.0. The molecule has 2 N–H and O–H groups in total. The standard InChI is InChI=1S/C32H35N5O3S/c1-5-18-41-32-35-31-33-22(4)28(30(38)34-25-15-11-10-12-21(25)3)29(37(31)36-32)24-16-17-26(27(19-24)39-6-2)40-20-23-13-8-7-9-14-23/h7-17,19,29H,5-6,18,20H2,1-4H3,(H,34,38)(H,33,35,36). The molecule has 1 aliphatic rings. The number of thioether (sulfide) groups is 1. The number of aryl methyl sites for hydroxylation is 1. The Kier molecular flexibility index (Phi) is 8.94. The Morgan fingerprint density at radius 2 is 1.78 bits per heavy atom. The summed E-state index contributed by atoms with van der Waals surface area (Å²) in [6.07, 6.45) is 1.01. The number of carbonyl (C=O) groups is 1. The average molecular weight is 570 g/mol. The topological polar surface area (TPSA) is 90.3 Å². The van der Waals surface area contributed by atoms with Crippen LogP contribution in [0.3, 0.4) is 0 Å². The maximum absolute atomic E-state index is 13.9. The first-order valence-electron chi connectivity index (χ1n) is 13.9. The molecule has 3 aromatic carbocycles. The fraction of sp³-hybridized carbons (Fsp3) is 0.281. The number of nitrogens with zero attached hydrogens (tertiary/aromatic N) is 3. The first-order valence-corrected chi connectivity index (χ1v) is 14.8. The molecule has 9 heteroatoms. The summed E-state index contributed by atoms with van der Waals surface area (Å²) >= 11 is 1.60. The molecule has 0 aliphatic carbocycles. The summed E-state index contributed by atoms with van der Waals surface area (Å²) in [6, 6.07) is 23.0. The third-order valence-electron chi connectivity index (χ3n) is 6.73. The molecule has 2 heterocycles. The van der Waals surface area contributed by atoms with Gasteiger partial charge in [0, 0.05) is 17.1 Å². The molecule has 1 atom stereocenters. The molecular weight excluding hydrogens is 534 g/mol. The van der Waals surface area contributed by atoms with Gasteiger partial charge in [-0.05, 0) is 62.1 Å². The summed E-state index contributed by atoms with van der Waals surface area (Å²) in [4.78, 5) is 18.6. The lowest BCUT2D eigenvalue weighted by Gasteiger charge is -2.29. The van der Waals surface area contributed by atoms with Crippen molar-refractivity contribution in [2.45, 2.75) is 51.9 Å². The summed E-state index contributed by atoms with van der Waals surface area (Å²) in [7, 11) is 0. The normalized spacial score (nSPS) is 14.3. The van der Waals surface area contributed by atoms with Gasteiger partial charge in [0.15, 0.2) is 11.5 Å². The monoisotopic (exact) mass is 569 g/mol. The van der Waals surface area contributed by atoms with Crippen molar-refractivity contribution >= 4 is 29.3 Å². The Bertz CT molecular complexity index is 1550. The van der Waals surface area contributed by atoms with Crippen LogP contribution in [0.2, 0.25) is 0 Å². The van der Waals surface area contributed by atoms with Gasteiger partial charge in [0.05, 0.1) is 12.2 Å². The van der Waals surface area contributed by atoms with Crippen LogP contribution in [0.15, 0.2) is 89.2 Å². The van der Waals surface area contributed by atoms with Gasteiger partial charge in [0.2, 0.25) is 11.1 Å². The Morgan fingerprint density at radius 3 is 2.54 bits per heavy atom. The van der Waals surface area contributed by atoms with Crippen LogP contribution in [0, 0.1) is 6.92 Å². The van der Waals surface area contributed by atoms with Crippen LogP contribution in [0.1, 0.15) is 49.9 Å².